The van der Waals surface area contributed by atoms with Crippen LogP contribution < -0.4 is 5.32 Å². The van der Waals surface area contributed by atoms with Crippen LogP contribution in [0.4, 0.5) is 0 Å². The summed E-state index contributed by atoms with van der Waals surface area (Å²) in [5, 5.41) is 4.25. The van der Waals surface area contributed by atoms with Crippen LogP contribution in [0.25, 0.3) is 0 Å². The summed E-state index contributed by atoms with van der Waals surface area (Å²) in [6.07, 6.45) is 2.26. The van der Waals surface area contributed by atoms with Crippen LogP contribution in [0.1, 0.15) is 10.4 Å². The van der Waals surface area contributed by atoms with Gasteiger partial charge in [0.15, 0.2) is 0 Å². The standard InChI is InChI=1S/C15H16ClNS2/c16-15-6-5-12(19-15)7-8-17-10-13-9-11-3-1-2-4-14(11)18-13/h1-6,13,17H,7-10H2. The van der Waals surface area contributed by atoms with E-state index in [0.29, 0.717) is 5.25 Å². The lowest BCUT2D eigenvalue weighted by molar-refractivity contribution is 0.664. The van der Waals surface area contributed by atoms with Gasteiger partial charge in [-0.05, 0) is 43.1 Å². The van der Waals surface area contributed by atoms with Gasteiger partial charge in [-0.2, -0.15) is 0 Å². The van der Waals surface area contributed by atoms with E-state index in [0.717, 1.165) is 23.8 Å². The summed E-state index contributed by atoms with van der Waals surface area (Å²) in [5.74, 6) is 0. The van der Waals surface area contributed by atoms with Crippen LogP contribution in [0.3, 0.4) is 0 Å². The molecule has 0 fully saturated rings. The number of hydrogen-bond donors (Lipinski definition) is 1. The van der Waals surface area contributed by atoms with Gasteiger partial charge >= 0.3 is 0 Å². The first kappa shape index (κ1) is 13.5. The summed E-state index contributed by atoms with van der Waals surface area (Å²) in [6, 6.07) is 12.8. The Balaban J connectivity index is 1.40. The molecule has 0 saturated carbocycles. The summed E-state index contributed by atoms with van der Waals surface area (Å²) in [6.45, 7) is 2.11. The maximum Gasteiger partial charge on any atom is 0.0931 e. The molecule has 2 aromatic rings. The van der Waals surface area contributed by atoms with Crippen LogP contribution in [0.5, 0.6) is 0 Å². The molecule has 0 spiro atoms. The molecule has 1 atom stereocenters. The zero-order valence-electron chi connectivity index (χ0n) is 10.6. The number of rotatable bonds is 5. The predicted molar refractivity (Wildman–Crippen MR) is 85.7 cm³/mol. The number of benzene rings is 1. The van der Waals surface area contributed by atoms with Gasteiger partial charge in [-0.15, -0.1) is 23.1 Å². The average Bonchev–Trinajstić information content (AvgIpc) is 3.00. The Hall–Kier alpha value is -0.480. The van der Waals surface area contributed by atoms with Crippen molar-refractivity contribution in [3.05, 3.63) is 51.2 Å². The summed E-state index contributed by atoms with van der Waals surface area (Å²) < 4.78 is 0.886. The van der Waals surface area contributed by atoms with Crippen molar-refractivity contribution in [3.8, 4) is 0 Å². The smallest absolute Gasteiger partial charge is 0.0931 e. The molecular formula is C15H16ClNS2. The maximum absolute atomic E-state index is 5.92. The van der Waals surface area contributed by atoms with E-state index in [1.54, 1.807) is 11.3 Å². The van der Waals surface area contributed by atoms with Gasteiger partial charge in [-0.1, -0.05) is 29.8 Å². The van der Waals surface area contributed by atoms with Crippen molar-refractivity contribution >= 4 is 34.7 Å². The molecule has 0 aliphatic carbocycles. The Labute approximate surface area is 127 Å². The second-order valence-corrected chi connectivity index (χ2v) is 7.85. The lowest BCUT2D eigenvalue weighted by Gasteiger charge is -2.09. The molecule has 1 aliphatic heterocycles. The first-order valence-electron chi connectivity index (χ1n) is 6.51. The predicted octanol–water partition coefficient (Wildman–Crippen LogP) is 4.25. The van der Waals surface area contributed by atoms with Gasteiger partial charge in [0.1, 0.15) is 0 Å². The number of nitrogens with one attached hydrogen (secondary N) is 1. The second kappa shape index (κ2) is 6.31. The molecule has 0 amide bonds. The van der Waals surface area contributed by atoms with E-state index in [1.165, 1.54) is 21.8 Å². The van der Waals surface area contributed by atoms with E-state index in [4.69, 9.17) is 11.6 Å². The maximum atomic E-state index is 5.92. The van der Waals surface area contributed by atoms with Crippen molar-refractivity contribution < 1.29 is 0 Å². The quantitative estimate of drug-likeness (QED) is 0.829. The van der Waals surface area contributed by atoms with Crippen molar-refractivity contribution in [2.45, 2.75) is 23.0 Å². The molecule has 1 aromatic heterocycles. The zero-order valence-corrected chi connectivity index (χ0v) is 13.0. The topological polar surface area (TPSA) is 12.0 Å². The van der Waals surface area contributed by atoms with Gasteiger partial charge in [-0.3, -0.25) is 0 Å². The average molecular weight is 310 g/mol. The molecule has 0 saturated heterocycles. The van der Waals surface area contributed by atoms with Crippen molar-refractivity contribution in [1.82, 2.24) is 5.32 Å². The van der Waals surface area contributed by atoms with Crippen LogP contribution in [0.2, 0.25) is 4.34 Å². The van der Waals surface area contributed by atoms with Crippen LogP contribution >= 0.6 is 34.7 Å². The van der Waals surface area contributed by atoms with Gasteiger partial charge in [0, 0.05) is 21.6 Å². The third-order valence-corrected chi connectivity index (χ3v) is 5.87. The van der Waals surface area contributed by atoms with E-state index in [9.17, 15) is 0 Å². The second-order valence-electron chi connectivity index (χ2n) is 4.71. The minimum absolute atomic E-state index is 0.685. The number of fused-ring (bicyclic) bond motifs is 1. The first-order chi connectivity index (χ1) is 9.31. The fourth-order valence-electron chi connectivity index (χ4n) is 2.33. The monoisotopic (exact) mass is 309 g/mol. The highest BCUT2D eigenvalue weighted by molar-refractivity contribution is 8.00. The number of halogens is 1. The van der Waals surface area contributed by atoms with Gasteiger partial charge < -0.3 is 5.32 Å². The Morgan fingerprint density at radius 2 is 2.11 bits per heavy atom. The Bertz CT molecular complexity index is 528. The van der Waals surface area contributed by atoms with Crippen molar-refractivity contribution in [2.75, 3.05) is 13.1 Å². The Morgan fingerprint density at radius 1 is 1.21 bits per heavy atom. The third-order valence-electron chi connectivity index (χ3n) is 3.26. The van der Waals surface area contributed by atoms with E-state index in [1.807, 2.05) is 17.8 Å². The van der Waals surface area contributed by atoms with Crippen molar-refractivity contribution in [2.24, 2.45) is 0 Å². The number of thiophene rings is 1. The lowest BCUT2D eigenvalue weighted by Crippen LogP contribution is -2.26. The molecule has 4 heteroatoms. The zero-order chi connectivity index (χ0) is 13.1. The SMILES string of the molecule is Clc1ccc(CCNCC2Cc3ccccc3S2)s1. The molecule has 1 aliphatic rings. The Morgan fingerprint density at radius 3 is 2.89 bits per heavy atom. The highest BCUT2D eigenvalue weighted by Gasteiger charge is 2.20. The summed E-state index contributed by atoms with van der Waals surface area (Å²) in [5.41, 5.74) is 1.50. The fourth-order valence-corrected chi connectivity index (χ4v) is 4.70. The molecule has 1 unspecified atom stereocenters. The van der Waals surface area contributed by atoms with Gasteiger partial charge in [-0.25, -0.2) is 0 Å². The lowest BCUT2D eigenvalue weighted by atomic mass is 10.1. The molecule has 1 nitrogen and oxygen atoms in total. The summed E-state index contributed by atoms with van der Waals surface area (Å²) in [4.78, 5) is 2.82. The fraction of sp³-hybridized carbons (Fsp3) is 0.333. The molecular weight excluding hydrogens is 294 g/mol. The minimum Gasteiger partial charge on any atom is -0.315 e. The van der Waals surface area contributed by atoms with Crippen LogP contribution in [0, 0.1) is 0 Å². The van der Waals surface area contributed by atoms with Gasteiger partial charge in [0.2, 0.25) is 0 Å². The third kappa shape index (κ3) is 3.54. The summed E-state index contributed by atoms with van der Waals surface area (Å²) in [7, 11) is 0. The van der Waals surface area contributed by atoms with E-state index < -0.39 is 0 Å². The van der Waals surface area contributed by atoms with Crippen LogP contribution in [0.15, 0.2) is 41.3 Å². The van der Waals surface area contributed by atoms with Crippen LogP contribution in [-0.4, -0.2) is 18.3 Å². The summed E-state index contributed by atoms with van der Waals surface area (Å²) >= 11 is 9.61. The molecule has 0 radical (unpaired) electrons. The van der Waals surface area contributed by atoms with Gasteiger partial charge in [0.25, 0.3) is 0 Å². The van der Waals surface area contributed by atoms with Gasteiger partial charge in [0.05, 0.1) is 4.34 Å². The van der Waals surface area contributed by atoms with Crippen molar-refractivity contribution in [1.29, 1.82) is 0 Å². The molecule has 0 bridgehead atoms. The molecule has 1 N–H and O–H groups in total. The molecule has 2 heterocycles. The molecule has 100 valence electrons. The minimum atomic E-state index is 0.685. The molecule has 1 aromatic carbocycles. The number of hydrogen-bond acceptors (Lipinski definition) is 3. The highest BCUT2D eigenvalue weighted by atomic mass is 35.5. The highest BCUT2D eigenvalue weighted by Crippen LogP contribution is 2.36. The first-order valence-corrected chi connectivity index (χ1v) is 8.58. The van der Waals surface area contributed by atoms with E-state index in [-0.39, 0.29) is 0 Å². The molecule has 3 rings (SSSR count). The molecule has 19 heavy (non-hydrogen) atoms. The number of thioether (sulfide) groups is 1. The van der Waals surface area contributed by atoms with Crippen LogP contribution in [-0.2, 0) is 12.8 Å². The van der Waals surface area contributed by atoms with E-state index in [2.05, 4.69) is 35.6 Å². The Kier molecular flexibility index (Phi) is 4.49. The largest absolute Gasteiger partial charge is 0.315 e. The van der Waals surface area contributed by atoms with Crippen molar-refractivity contribution in [3.63, 3.8) is 0 Å². The van der Waals surface area contributed by atoms with E-state index >= 15 is 0 Å². The normalized spacial score (nSPS) is 17.6.